The van der Waals surface area contributed by atoms with Gasteiger partial charge in [0.15, 0.2) is 17.4 Å². The number of anilines is 2. The SMILES string of the molecule is COc1nc(-c2ccnc(-c3cccc(Nc4nccc(CNC5CCN(C(C)=O)CC5)c4F)c3OC)c2Cl)ccc1CN(C[C@@H]1CCC(=O)N1)C(=O)OC(C)(C)C. The van der Waals surface area contributed by atoms with Crippen LogP contribution in [-0.2, 0) is 27.4 Å². The summed E-state index contributed by atoms with van der Waals surface area (Å²) in [6.07, 6.45) is 5.26. The first-order valence-corrected chi connectivity index (χ1v) is 19.6. The molecular formula is C42H50ClFN8O6. The van der Waals surface area contributed by atoms with Crippen LogP contribution in [0.5, 0.6) is 11.6 Å². The van der Waals surface area contributed by atoms with E-state index in [0.717, 1.165) is 12.8 Å². The molecule has 308 valence electrons. The van der Waals surface area contributed by atoms with Gasteiger partial charge in [-0.25, -0.2) is 19.2 Å². The molecule has 1 aromatic carbocycles. The van der Waals surface area contributed by atoms with Crippen molar-refractivity contribution in [3.8, 4) is 34.1 Å². The molecule has 2 saturated heterocycles. The first-order chi connectivity index (χ1) is 27.7. The number of likely N-dealkylation sites (tertiary alicyclic amines) is 1. The van der Waals surface area contributed by atoms with Gasteiger partial charge in [-0.05, 0) is 76.4 Å². The van der Waals surface area contributed by atoms with Gasteiger partial charge in [0.05, 0.1) is 42.9 Å². The van der Waals surface area contributed by atoms with Gasteiger partial charge in [-0.1, -0.05) is 17.7 Å². The van der Waals surface area contributed by atoms with Crippen molar-refractivity contribution in [3.05, 3.63) is 76.8 Å². The molecule has 0 spiro atoms. The summed E-state index contributed by atoms with van der Waals surface area (Å²) in [6.45, 7) is 9.01. The summed E-state index contributed by atoms with van der Waals surface area (Å²) in [5, 5.41) is 9.74. The second-order valence-electron chi connectivity index (χ2n) is 15.4. The number of nitrogens with zero attached hydrogens (tertiary/aromatic N) is 5. The minimum Gasteiger partial charge on any atom is -0.494 e. The highest BCUT2D eigenvalue weighted by atomic mass is 35.5. The molecule has 4 aromatic rings. The molecule has 0 radical (unpaired) electrons. The summed E-state index contributed by atoms with van der Waals surface area (Å²) >= 11 is 7.10. The topological polar surface area (TPSA) is 160 Å². The van der Waals surface area contributed by atoms with E-state index in [-0.39, 0.29) is 48.7 Å². The summed E-state index contributed by atoms with van der Waals surface area (Å²) in [5.41, 5.74) is 2.82. The van der Waals surface area contributed by atoms with E-state index >= 15 is 4.39 Å². The van der Waals surface area contributed by atoms with Crippen LogP contribution >= 0.6 is 11.6 Å². The number of carbonyl (C=O) groups excluding carboxylic acids is 3. The fourth-order valence-electron chi connectivity index (χ4n) is 7.09. The number of aromatic nitrogens is 3. The van der Waals surface area contributed by atoms with Crippen molar-refractivity contribution < 1.29 is 33.0 Å². The van der Waals surface area contributed by atoms with Crippen LogP contribution in [0.3, 0.4) is 0 Å². The maximum atomic E-state index is 15.9. The molecule has 6 rings (SSSR count). The smallest absolute Gasteiger partial charge is 0.410 e. The Bertz CT molecular complexity index is 2140. The average molecular weight is 817 g/mol. The second kappa shape index (κ2) is 18.4. The minimum absolute atomic E-state index is 0.0311. The Hall–Kier alpha value is -5.54. The van der Waals surface area contributed by atoms with E-state index in [1.807, 2.05) is 11.0 Å². The van der Waals surface area contributed by atoms with Gasteiger partial charge >= 0.3 is 6.09 Å². The second-order valence-corrected chi connectivity index (χ2v) is 15.7. The van der Waals surface area contributed by atoms with E-state index in [2.05, 4.69) is 25.9 Å². The van der Waals surface area contributed by atoms with Gasteiger partial charge in [-0.2, -0.15) is 0 Å². The maximum Gasteiger partial charge on any atom is 0.410 e. The number of hydrogen-bond donors (Lipinski definition) is 3. The average Bonchev–Trinajstić information content (AvgIpc) is 3.61. The van der Waals surface area contributed by atoms with Crippen LogP contribution in [0.2, 0.25) is 5.02 Å². The van der Waals surface area contributed by atoms with Gasteiger partial charge in [-0.3, -0.25) is 14.6 Å². The molecule has 2 fully saturated rings. The Balaban J connectivity index is 1.22. The fraction of sp³-hybridized carbons (Fsp3) is 0.429. The zero-order valence-electron chi connectivity index (χ0n) is 33.7. The summed E-state index contributed by atoms with van der Waals surface area (Å²) in [7, 11) is 3.01. The number of ether oxygens (including phenoxy) is 3. The Morgan fingerprint density at radius 3 is 2.43 bits per heavy atom. The highest BCUT2D eigenvalue weighted by molar-refractivity contribution is 6.35. The molecule has 14 nitrogen and oxygen atoms in total. The Morgan fingerprint density at radius 1 is 1.00 bits per heavy atom. The van der Waals surface area contributed by atoms with Gasteiger partial charge < -0.3 is 40.0 Å². The third kappa shape index (κ3) is 10.1. The third-order valence-electron chi connectivity index (χ3n) is 10.1. The van der Waals surface area contributed by atoms with E-state index in [9.17, 15) is 14.4 Å². The van der Waals surface area contributed by atoms with Gasteiger partial charge in [0, 0.05) is 86.3 Å². The first-order valence-electron chi connectivity index (χ1n) is 19.3. The van der Waals surface area contributed by atoms with Crippen molar-refractivity contribution in [2.24, 2.45) is 0 Å². The van der Waals surface area contributed by atoms with Crippen LogP contribution < -0.4 is 25.4 Å². The maximum absolute atomic E-state index is 15.9. The predicted octanol–water partition coefficient (Wildman–Crippen LogP) is 6.88. The first kappa shape index (κ1) is 42.1. The summed E-state index contributed by atoms with van der Waals surface area (Å²) in [6, 6.07) is 12.3. The molecule has 16 heteroatoms. The molecule has 1 atom stereocenters. The van der Waals surface area contributed by atoms with Crippen LogP contribution in [0.1, 0.15) is 64.5 Å². The van der Waals surface area contributed by atoms with Crippen molar-refractivity contribution in [3.63, 3.8) is 0 Å². The van der Waals surface area contributed by atoms with Crippen molar-refractivity contribution >= 4 is 41.0 Å². The molecule has 3 amide bonds. The summed E-state index contributed by atoms with van der Waals surface area (Å²) in [4.78, 5) is 54.0. The standard InChI is InChI=1S/C42H50ClFN8O6/c1-25(53)51-20-16-28(17-21-51)47-22-26-14-18-46-39(36(26)44)49-33-9-7-8-31(38(33)56-5)37-35(43)30(15-19-45-37)32-12-10-27(40(50-32)57-6)23-52(41(55)58-42(2,3)4)24-29-11-13-34(54)48-29/h7-10,12,14-15,18-19,28-29,47H,11,13,16-17,20-24H2,1-6H3,(H,46,49)(H,48,54)/t29-/m0/s1. The predicted molar refractivity (Wildman–Crippen MR) is 218 cm³/mol. The zero-order valence-corrected chi connectivity index (χ0v) is 34.4. The largest absolute Gasteiger partial charge is 0.494 e. The minimum atomic E-state index is -0.720. The molecule has 2 aliphatic heterocycles. The van der Waals surface area contributed by atoms with Crippen LogP contribution in [-0.4, -0.2) is 94.2 Å². The zero-order chi connectivity index (χ0) is 41.6. The number of para-hydroxylation sites is 1. The lowest BCUT2D eigenvalue weighted by Gasteiger charge is -2.31. The van der Waals surface area contributed by atoms with E-state index in [0.29, 0.717) is 82.6 Å². The van der Waals surface area contributed by atoms with E-state index in [1.54, 1.807) is 81.4 Å². The molecule has 0 bridgehead atoms. The lowest BCUT2D eigenvalue weighted by molar-refractivity contribution is -0.130. The number of nitrogens with one attached hydrogen (secondary N) is 3. The Morgan fingerprint density at radius 2 is 1.76 bits per heavy atom. The van der Waals surface area contributed by atoms with Gasteiger partial charge in [0.25, 0.3) is 0 Å². The summed E-state index contributed by atoms with van der Waals surface area (Å²) in [5.74, 6) is 0.210. The lowest BCUT2D eigenvalue weighted by atomic mass is 10.0. The van der Waals surface area contributed by atoms with E-state index in [4.69, 9.17) is 30.8 Å². The van der Waals surface area contributed by atoms with Crippen molar-refractivity contribution in [1.82, 2.24) is 35.4 Å². The van der Waals surface area contributed by atoms with Gasteiger partial charge in [-0.15, -0.1) is 0 Å². The van der Waals surface area contributed by atoms with Crippen LogP contribution in [0.4, 0.5) is 20.7 Å². The number of carbonyl (C=O) groups is 3. The molecule has 2 aliphatic rings. The Kier molecular flexibility index (Phi) is 13.3. The number of rotatable bonds is 13. The highest BCUT2D eigenvalue weighted by Crippen LogP contribution is 2.42. The molecular weight excluding hydrogens is 767 g/mol. The number of piperidine rings is 1. The lowest BCUT2D eigenvalue weighted by Crippen LogP contribution is -2.44. The van der Waals surface area contributed by atoms with E-state index < -0.39 is 17.5 Å². The van der Waals surface area contributed by atoms with E-state index in [1.165, 1.54) is 14.2 Å². The molecule has 3 aromatic heterocycles. The van der Waals surface area contributed by atoms with Gasteiger partial charge in [0.2, 0.25) is 17.7 Å². The third-order valence-corrected chi connectivity index (χ3v) is 10.4. The quantitative estimate of drug-likeness (QED) is 0.129. The fourth-order valence-corrected chi connectivity index (χ4v) is 7.40. The van der Waals surface area contributed by atoms with Crippen molar-refractivity contribution in [2.75, 3.05) is 39.2 Å². The molecule has 5 heterocycles. The number of benzene rings is 1. The normalized spacial score (nSPS) is 15.8. The number of hydrogen-bond acceptors (Lipinski definition) is 11. The van der Waals surface area contributed by atoms with Crippen LogP contribution in [0.15, 0.2) is 54.9 Å². The number of methoxy groups -OCH3 is 2. The monoisotopic (exact) mass is 816 g/mol. The van der Waals surface area contributed by atoms with Crippen LogP contribution in [0.25, 0.3) is 22.5 Å². The molecule has 0 unspecified atom stereocenters. The van der Waals surface area contributed by atoms with Crippen LogP contribution in [0, 0.1) is 5.82 Å². The molecule has 0 saturated carbocycles. The Labute approximate surface area is 342 Å². The molecule has 58 heavy (non-hydrogen) atoms. The van der Waals surface area contributed by atoms with Crippen molar-refractivity contribution in [2.45, 2.75) is 84.2 Å². The number of pyridine rings is 3. The molecule has 3 N–H and O–H groups in total. The van der Waals surface area contributed by atoms with Crippen molar-refractivity contribution in [1.29, 1.82) is 0 Å². The number of amides is 3. The number of halogens is 2. The highest BCUT2D eigenvalue weighted by Gasteiger charge is 2.30. The molecule has 0 aliphatic carbocycles. The van der Waals surface area contributed by atoms with Gasteiger partial charge in [0.1, 0.15) is 5.60 Å². The summed E-state index contributed by atoms with van der Waals surface area (Å²) < 4.78 is 33.1.